The highest BCUT2D eigenvalue weighted by Gasteiger charge is 2.46. The van der Waals surface area contributed by atoms with Gasteiger partial charge in [0.15, 0.2) is 5.96 Å². The first-order valence-electron chi connectivity index (χ1n) is 11.1. The fraction of sp³-hybridized carbons (Fsp3) is 0.480. The third-order valence-corrected chi connectivity index (χ3v) is 6.20. The second kappa shape index (κ2) is 11.2. The lowest BCUT2D eigenvalue weighted by molar-refractivity contribution is 0.140. The van der Waals surface area contributed by atoms with E-state index in [4.69, 9.17) is 14.2 Å². The van der Waals surface area contributed by atoms with Gasteiger partial charge in [-0.2, -0.15) is 0 Å². The third kappa shape index (κ3) is 5.86. The summed E-state index contributed by atoms with van der Waals surface area (Å²) in [5.41, 5.74) is 3.69. The molecule has 2 aromatic rings. The van der Waals surface area contributed by atoms with E-state index in [1.807, 2.05) is 12.1 Å². The number of guanidine groups is 1. The maximum absolute atomic E-state index is 6.22. The molecule has 0 bridgehead atoms. The summed E-state index contributed by atoms with van der Waals surface area (Å²) in [6, 6.07) is 14.7. The van der Waals surface area contributed by atoms with E-state index < -0.39 is 0 Å². The normalized spacial score (nSPS) is 19.1. The SMILES string of the molecule is CN=C(NCc1ccc(C)cc1OC1CCOC1)NCC1(c2ccccc2OC)CC1.I. The first kappa shape index (κ1) is 24.6. The summed E-state index contributed by atoms with van der Waals surface area (Å²) in [6.07, 6.45) is 3.37. The number of aliphatic imine (C=N–C) groups is 1. The van der Waals surface area contributed by atoms with Crippen molar-refractivity contribution in [3.05, 3.63) is 59.2 Å². The minimum atomic E-state index is 0. The number of ether oxygens (including phenoxy) is 3. The predicted molar refractivity (Wildman–Crippen MR) is 139 cm³/mol. The number of aryl methyl sites for hydroxylation is 1. The average molecular weight is 551 g/mol. The quantitative estimate of drug-likeness (QED) is 0.293. The summed E-state index contributed by atoms with van der Waals surface area (Å²) < 4.78 is 17.3. The Labute approximate surface area is 208 Å². The van der Waals surface area contributed by atoms with Crippen LogP contribution in [0.3, 0.4) is 0 Å². The molecule has 1 saturated heterocycles. The van der Waals surface area contributed by atoms with Crippen LogP contribution < -0.4 is 20.1 Å². The van der Waals surface area contributed by atoms with Crippen LogP contribution in [0.1, 0.15) is 36.0 Å². The van der Waals surface area contributed by atoms with E-state index in [2.05, 4.69) is 52.9 Å². The van der Waals surface area contributed by atoms with Gasteiger partial charge in [-0.1, -0.05) is 30.3 Å². The van der Waals surface area contributed by atoms with Crippen LogP contribution in [0.5, 0.6) is 11.5 Å². The second-order valence-electron chi connectivity index (χ2n) is 8.47. The Hall–Kier alpha value is -2.00. The molecule has 6 nitrogen and oxygen atoms in total. The maximum atomic E-state index is 6.22. The van der Waals surface area contributed by atoms with Gasteiger partial charge in [-0.15, -0.1) is 24.0 Å². The largest absolute Gasteiger partial charge is 0.496 e. The molecular weight excluding hydrogens is 517 g/mol. The Bertz CT molecular complexity index is 924. The number of nitrogens with zero attached hydrogens (tertiary/aromatic N) is 1. The molecule has 1 heterocycles. The molecule has 4 rings (SSSR count). The van der Waals surface area contributed by atoms with E-state index in [-0.39, 0.29) is 35.5 Å². The molecule has 2 aromatic carbocycles. The number of nitrogens with one attached hydrogen (secondary N) is 2. The molecule has 1 unspecified atom stereocenters. The molecular formula is C25H34IN3O3. The second-order valence-corrected chi connectivity index (χ2v) is 8.47. The van der Waals surface area contributed by atoms with Crippen molar-refractivity contribution < 1.29 is 14.2 Å². The molecule has 1 saturated carbocycles. The molecule has 0 amide bonds. The van der Waals surface area contributed by atoms with Crippen molar-refractivity contribution in [2.75, 3.05) is 33.9 Å². The number of halogens is 1. The van der Waals surface area contributed by atoms with Crippen LogP contribution in [-0.2, 0) is 16.7 Å². The van der Waals surface area contributed by atoms with Crippen molar-refractivity contribution in [2.24, 2.45) is 4.99 Å². The summed E-state index contributed by atoms with van der Waals surface area (Å²) in [6.45, 7) is 4.99. The Morgan fingerprint density at radius 3 is 2.66 bits per heavy atom. The molecule has 1 aliphatic carbocycles. The van der Waals surface area contributed by atoms with Crippen LogP contribution in [0.15, 0.2) is 47.5 Å². The first-order valence-corrected chi connectivity index (χ1v) is 11.1. The highest BCUT2D eigenvalue weighted by molar-refractivity contribution is 14.0. The highest BCUT2D eigenvalue weighted by Crippen LogP contribution is 2.50. The zero-order chi connectivity index (χ0) is 21.7. The summed E-state index contributed by atoms with van der Waals surface area (Å²) in [5.74, 6) is 2.67. The molecule has 2 aliphatic rings. The Morgan fingerprint density at radius 2 is 1.97 bits per heavy atom. The lowest BCUT2D eigenvalue weighted by atomic mass is 9.95. The third-order valence-electron chi connectivity index (χ3n) is 6.20. The number of benzene rings is 2. The summed E-state index contributed by atoms with van der Waals surface area (Å²) in [7, 11) is 3.54. The molecule has 174 valence electrons. The van der Waals surface area contributed by atoms with E-state index >= 15 is 0 Å². The van der Waals surface area contributed by atoms with Gasteiger partial charge >= 0.3 is 0 Å². The molecule has 1 atom stereocenters. The highest BCUT2D eigenvalue weighted by atomic mass is 127. The van der Waals surface area contributed by atoms with E-state index in [1.165, 1.54) is 11.1 Å². The van der Waals surface area contributed by atoms with Crippen LogP contribution in [-0.4, -0.2) is 46.0 Å². The van der Waals surface area contributed by atoms with Gasteiger partial charge in [-0.3, -0.25) is 4.99 Å². The van der Waals surface area contributed by atoms with Crippen molar-refractivity contribution in [1.29, 1.82) is 0 Å². The van der Waals surface area contributed by atoms with Gasteiger partial charge in [-0.25, -0.2) is 0 Å². The zero-order valence-electron chi connectivity index (χ0n) is 19.1. The van der Waals surface area contributed by atoms with Gasteiger partial charge in [0.25, 0.3) is 0 Å². The fourth-order valence-electron chi connectivity index (χ4n) is 4.13. The van der Waals surface area contributed by atoms with E-state index in [0.29, 0.717) is 13.2 Å². The molecule has 0 spiro atoms. The van der Waals surface area contributed by atoms with Crippen LogP contribution in [0.2, 0.25) is 0 Å². The standard InChI is InChI=1S/C25H33N3O3.HI/c1-18-8-9-19(23(14-18)31-20-10-13-30-16-20)15-27-24(26-2)28-17-25(11-12-25)21-6-4-5-7-22(21)29-3;/h4-9,14,20H,10-13,15-17H2,1-3H3,(H2,26,27,28);1H. The van der Waals surface area contributed by atoms with Gasteiger partial charge < -0.3 is 24.8 Å². The van der Waals surface area contributed by atoms with E-state index in [0.717, 1.165) is 55.4 Å². The van der Waals surface area contributed by atoms with E-state index in [1.54, 1.807) is 14.2 Å². The van der Waals surface area contributed by atoms with Gasteiger partial charge in [0, 0.05) is 43.1 Å². The molecule has 7 heteroatoms. The number of rotatable bonds is 8. The van der Waals surface area contributed by atoms with Crippen LogP contribution >= 0.6 is 24.0 Å². The number of methoxy groups -OCH3 is 1. The van der Waals surface area contributed by atoms with Crippen LogP contribution in [0.4, 0.5) is 0 Å². The number of hydrogen-bond acceptors (Lipinski definition) is 4. The first-order chi connectivity index (χ1) is 15.1. The molecule has 0 radical (unpaired) electrons. The van der Waals surface area contributed by atoms with Crippen molar-refractivity contribution >= 4 is 29.9 Å². The van der Waals surface area contributed by atoms with E-state index in [9.17, 15) is 0 Å². The van der Waals surface area contributed by atoms with Gasteiger partial charge in [-0.05, 0) is 37.5 Å². The van der Waals surface area contributed by atoms with Gasteiger partial charge in [0.2, 0.25) is 0 Å². The van der Waals surface area contributed by atoms with Crippen molar-refractivity contribution in [3.8, 4) is 11.5 Å². The van der Waals surface area contributed by atoms with Crippen LogP contribution in [0.25, 0.3) is 0 Å². The molecule has 2 fully saturated rings. The van der Waals surface area contributed by atoms with Crippen molar-refractivity contribution in [2.45, 2.75) is 44.2 Å². The Morgan fingerprint density at radius 1 is 1.16 bits per heavy atom. The zero-order valence-corrected chi connectivity index (χ0v) is 21.5. The fourth-order valence-corrected chi connectivity index (χ4v) is 4.13. The predicted octanol–water partition coefficient (Wildman–Crippen LogP) is 4.19. The lowest BCUT2D eigenvalue weighted by Gasteiger charge is -2.21. The smallest absolute Gasteiger partial charge is 0.191 e. The number of hydrogen-bond donors (Lipinski definition) is 2. The summed E-state index contributed by atoms with van der Waals surface area (Å²) in [5, 5.41) is 6.97. The molecule has 0 aromatic heterocycles. The summed E-state index contributed by atoms with van der Waals surface area (Å²) in [4.78, 5) is 4.42. The Kier molecular flexibility index (Phi) is 8.64. The monoisotopic (exact) mass is 551 g/mol. The molecule has 32 heavy (non-hydrogen) atoms. The minimum absolute atomic E-state index is 0. The number of para-hydroxylation sites is 1. The molecule has 2 N–H and O–H groups in total. The van der Waals surface area contributed by atoms with Gasteiger partial charge in [0.05, 0.1) is 20.3 Å². The van der Waals surface area contributed by atoms with Crippen LogP contribution in [0, 0.1) is 6.92 Å². The lowest BCUT2D eigenvalue weighted by Crippen LogP contribution is -2.41. The average Bonchev–Trinajstić information content (AvgIpc) is 3.41. The van der Waals surface area contributed by atoms with Crippen molar-refractivity contribution in [3.63, 3.8) is 0 Å². The summed E-state index contributed by atoms with van der Waals surface area (Å²) >= 11 is 0. The molecule has 1 aliphatic heterocycles. The Balaban J connectivity index is 0.00000289. The topological polar surface area (TPSA) is 64.1 Å². The van der Waals surface area contributed by atoms with Gasteiger partial charge in [0.1, 0.15) is 17.6 Å². The minimum Gasteiger partial charge on any atom is -0.496 e. The maximum Gasteiger partial charge on any atom is 0.191 e. The van der Waals surface area contributed by atoms with Crippen molar-refractivity contribution in [1.82, 2.24) is 10.6 Å².